The highest BCUT2D eigenvalue weighted by molar-refractivity contribution is 5.87. The van der Waals surface area contributed by atoms with Crippen LogP contribution in [0.5, 0.6) is 5.75 Å². The number of carboxylic acid groups (broad SMARTS) is 2. The SMILES string of the molecule is CC(C)CCCC(C)(C)C(C)CC(C)C(C)CCCC(C)(C(=O)O)C(C(=O)O)c1ccc2c(c1)CCCO2. The maximum atomic E-state index is 12.5. The van der Waals surface area contributed by atoms with Gasteiger partial charge in [0.2, 0.25) is 0 Å². The van der Waals surface area contributed by atoms with Gasteiger partial charge in [0.25, 0.3) is 0 Å². The molecule has 0 aromatic heterocycles. The Hall–Kier alpha value is -2.04. The molecule has 5 atom stereocenters. The zero-order chi connectivity index (χ0) is 28.7. The van der Waals surface area contributed by atoms with Gasteiger partial charge >= 0.3 is 11.9 Å². The molecule has 1 aliphatic rings. The first-order chi connectivity index (χ1) is 17.7. The van der Waals surface area contributed by atoms with Crippen molar-refractivity contribution in [2.45, 2.75) is 119 Å². The van der Waals surface area contributed by atoms with Gasteiger partial charge in [-0.1, -0.05) is 86.3 Å². The minimum atomic E-state index is -1.38. The Kier molecular flexibility index (Phi) is 11.7. The lowest BCUT2D eigenvalue weighted by atomic mass is 9.68. The molecule has 0 fully saturated rings. The summed E-state index contributed by atoms with van der Waals surface area (Å²) in [6.07, 6.45) is 8.58. The molecule has 1 aromatic rings. The van der Waals surface area contributed by atoms with E-state index in [1.54, 1.807) is 19.1 Å². The summed E-state index contributed by atoms with van der Waals surface area (Å²) in [5, 5.41) is 20.4. The minimum Gasteiger partial charge on any atom is -0.493 e. The summed E-state index contributed by atoms with van der Waals surface area (Å²) in [6.45, 7) is 18.6. The summed E-state index contributed by atoms with van der Waals surface area (Å²) < 4.78 is 5.68. The highest BCUT2D eigenvalue weighted by Gasteiger charge is 2.46. The summed E-state index contributed by atoms with van der Waals surface area (Å²) in [4.78, 5) is 25.0. The molecule has 0 bridgehead atoms. The smallest absolute Gasteiger partial charge is 0.312 e. The van der Waals surface area contributed by atoms with Crippen molar-refractivity contribution >= 4 is 11.9 Å². The van der Waals surface area contributed by atoms with Crippen LogP contribution in [0, 0.1) is 34.5 Å². The van der Waals surface area contributed by atoms with Crippen LogP contribution in [0.1, 0.15) is 124 Å². The molecule has 5 nitrogen and oxygen atoms in total. The van der Waals surface area contributed by atoms with Crippen LogP contribution in [0.25, 0.3) is 0 Å². The van der Waals surface area contributed by atoms with Gasteiger partial charge in [0, 0.05) is 0 Å². The normalized spacial score (nSPS) is 18.6. The van der Waals surface area contributed by atoms with Gasteiger partial charge in [-0.15, -0.1) is 0 Å². The molecule has 1 heterocycles. The van der Waals surface area contributed by atoms with Crippen molar-refractivity contribution in [1.82, 2.24) is 0 Å². The number of aliphatic carboxylic acids is 2. The fourth-order valence-corrected chi connectivity index (χ4v) is 6.11. The first-order valence-electron chi connectivity index (χ1n) is 14.9. The van der Waals surface area contributed by atoms with Gasteiger partial charge in [-0.2, -0.15) is 0 Å². The molecule has 0 radical (unpaired) electrons. The number of fused-ring (bicyclic) bond motifs is 1. The van der Waals surface area contributed by atoms with Crippen molar-refractivity contribution in [1.29, 1.82) is 0 Å². The van der Waals surface area contributed by atoms with E-state index in [4.69, 9.17) is 4.74 Å². The zero-order valence-electron chi connectivity index (χ0n) is 25.3. The van der Waals surface area contributed by atoms with Crippen LogP contribution >= 0.6 is 0 Å². The van der Waals surface area contributed by atoms with E-state index in [1.165, 1.54) is 19.3 Å². The molecule has 0 spiro atoms. The Morgan fingerprint density at radius 3 is 2.21 bits per heavy atom. The van der Waals surface area contributed by atoms with Crippen molar-refractivity contribution in [3.05, 3.63) is 29.3 Å². The van der Waals surface area contributed by atoms with Crippen molar-refractivity contribution in [3.63, 3.8) is 0 Å². The number of hydrogen-bond acceptors (Lipinski definition) is 3. The van der Waals surface area contributed by atoms with Crippen molar-refractivity contribution in [2.75, 3.05) is 6.61 Å². The van der Waals surface area contributed by atoms with Crippen LogP contribution in [0.2, 0.25) is 0 Å². The largest absolute Gasteiger partial charge is 0.493 e. The van der Waals surface area contributed by atoms with Crippen LogP contribution in [-0.4, -0.2) is 28.8 Å². The minimum absolute atomic E-state index is 0.305. The number of rotatable bonds is 16. The molecule has 2 rings (SSSR count). The number of aryl methyl sites for hydroxylation is 1. The van der Waals surface area contributed by atoms with Gasteiger partial charge in [0.05, 0.1) is 17.9 Å². The number of hydrogen-bond donors (Lipinski definition) is 2. The van der Waals surface area contributed by atoms with E-state index in [0.717, 1.165) is 42.9 Å². The van der Waals surface area contributed by atoms with Gasteiger partial charge in [-0.05, 0) is 85.3 Å². The lowest BCUT2D eigenvalue weighted by molar-refractivity contribution is -0.157. The molecule has 2 N–H and O–H groups in total. The highest BCUT2D eigenvalue weighted by Crippen LogP contribution is 2.44. The molecule has 0 amide bonds. The number of carboxylic acids is 2. The van der Waals surface area contributed by atoms with E-state index < -0.39 is 23.3 Å². The molecule has 1 aromatic carbocycles. The molecule has 5 unspecified atom stereocenters. The Bertz CT molecular complexity index is 920. The maximum Gasteiger partial charge on any atom is 0.312 e. The second kappa shape index (κ2) is 13.8. The molecule has 0 saturated carbocycles. The average molecular weight is 531 g/mol. The third-order valence-corrected chi connectivity index (χ3v) is 9.63. The van der Waals surface area contributed by atoms with Gasteiger partial charge < -0.3 is 14.9 Å². The number of benzene rings is 1. The quantitative estimate of drug-likeness (QED) is 0.223. The summed E-state index contributed by atoms with van der Waals surface area (Å²) in [5.74, 6) is -0.113. The monoisotopic (exact) mass is 530 g/mol. The van der Waals surface area contributed by atoms with E-state index in [1.807, 2.05) is 6.07 Å². The van der Waals surface area contributed by atoms with Crippen molar-refractivity contribution in [3.8, 4) is 5.75 Å². The molecular formula is C33H54O5. The third-order valence-electron chi connectivity index (χ3n) is 9.63. The highest BCUT2D eigenvalue weighted by atomic mass is 16.5. The summed E-state index contributed by atoms with van der Waals surface area (Å²) >= 11 is 0. The molecular weight excluding hydrogens is 476 g/mol. The molecule has 1 aliphatic heterocycles. The topological polar surface area (TPSA) is 83.8 Å². The van der Waals surface area contributed by atoms with Gasteiger partial charge in [0.1, 0.15) is 5.75 Å². The van der Waals surface area contributed by atoms with E-state index in [2.05, 4.69) is 48.5 Å². The molecule has 38 heavy (non-hydrogen) atoms. The average Bonchev–Trinajstić information content (AvgIpc) is 2.83. The van der Waals surface area contributed by atoms with E-state index in [-0.39, 0.29) is 0 Å². The van der Waals surface area contributed by atoms with Crippen molar-refractivity contribution < 1.29 is 24.5 Å². The second-order valence-electron chi connectivity index (χ2n) is 13.6. The Morgan fingerprint density at radius 2 is 1.61 bits per heavy atom. The fourth-order valence-electron chi connectivity index (χ4n) is 6.11. The van der Waals surface area contributed by atoms with Crippen molar-refractivity contribution in [2.24, 2.45) is 34.5 Å². The first-order valence-corrected chi connectivity index (χ1v) is 14.9. The Morgan fingerprint density at radius 1 is 0.947 bits per heavy atom. The second-order valence-corrected chi connectivity index (χ2v) is 13.6. The van der Waals surface area contributed by atoms with Crippen LogP contribution in [0.4, 0.5) is 0 Å². The standard InChI is InChI=1S/C33H54O5/c1-22(2)12-9-17-32(6,7)25(5)20-24(4)23(3)13-10-18-33(8,31(36)37)29(30(34)35)27-15-16-28-26(21-27)14-11-19-38-28/h15-16,21-25,29H,9-14,17-20H2,1-8H3,(H,34,35)(H,36,37). The molecule has 0 aliphatic carbocycles. The van der Waals surface area contributed by atoms with E-state index in [9.17, 15) is 19.8 Å². The fraction of sp³-hybridized carbons (Fsp3) is 0.758. The summed E-state index contributed by atoms with van der Waals surface area (Å²) in [6, 6.07) is 5.39. The molecule has 5 heteroatoms. The summed E-state index contributed by atoms with van der Waals surface area (Å²) in [7, 11) is 0. The number of carbonyl (C=O) groups is 2. The predicted molar refractivity (Wildman–Crippen MR) is 155 cm³/mol. The van der Waals surface area contributed by atoms with E-state index >= 15 is 0 Å². The van der Waals surface area contributed by atoms with Gasteiger partial charge in [0.15, 0.2) is 0 Å². The first kappa shape index (κ1) is 32.2. The maximum absolute atomic E-state index is 12.5. The van der Waals surface area contributed by atoms with Gasteiger partial charge in [-0.3, -0.25) is 9.59 Å². The van der Waals surface area contributed by atoms with Crippen LogP contribution in [0.15, 0.2) is 18.2 Å². The van der Waals surface area contributed by atoms with Gasteiger partial charge in [-0.25, -0.2) is 0 Å². The molecule has 216 valence electrons. The zero-order valence-corrected chi connectivity index (χ0v) is 25.3. The third kappa shape index (κ3) is 8.48. The number of ether oxygens (including phenoxy) is 1. The van der Waals surface area contributed by atoms with Crippen LogP contribution < -0.4 is 4.74 Å². The van der Waals surface area contributed by atoms with Crippen LogP contribution in [-0.2, 0) is 16.0 Å². The van der Waals surface area contributed by atoms with E-state index in [0.29, 0.717) is 48.2 Å². The summed E-state index contributed by atoms with van der Waals surface area (Å²) in [5.41, 5.74) is 0.446. The van der Waals surface area contributed by atoms with Crippen LogP contribution in [0.3, 0.4) is 0 Å². The molecule has 0 saturated heterocycles. The lowest BCUT2D eigenvalue weighted by Crippen LogP contribution is -2.39. The lowest BCUT2D eigenvalue weighted by Gasteiger charge is -2.36. The Balaban J connectivity index is 2.03. The Labute approximate surface area is 231 Å². The predicted octanol–water partition coefficient (Wildman–Crippen LogP) is 8.59.